The van der Waals surface area contributed by atoms with Crippen LogP contribution in [-0.2, 0) is 0 Å². The average Bonchev–Trinajstić information content (AvgIpc) is 2.56. The Kier molecular flexibility index (Phi) is 4.83. The summed E-state index contributed by atoms with van der Waals surface area (Å²) in [6, 6.07) is 11.5. The van der Waals surface area contributed by atoms with Crippen LogP contribution >= 0.6 is 23.2 Å². The maximum atomic E-state index is 6.18. The average molecular weight is 360 g/mol. The number of aryl methyl sites for hydroxylation is 2. The summed E-state index contributed by atoms with van der Waals surface area (Å²) in [6.45, 7) is 4.05. The molecule has 2 N–H and O–H groups in total. The zero-order valence-electron chi connectivity index (χ0n) is 13.1. The molecule has 1 aromatic heterocycles. The molecule has 0 aliphatic carbocycles. The quantitative estimate of drug-likeness (QED) is 0.663. The molecule has 0 amide bonds. The molecule has 0 fully saturated rings. The van der Waals surface area contributed by atoms with E-state index < -0.39 is 0 Å². The van der Waals surface area contributed by atoms with E-state index in [1.165, 1.54) is 6.20 Å². The molecule has 0 spiro atoms. The van der Waals surface area contributed by atoms with Crippen LogP contribution in [0.15, 0.2) is 42.6 Å². The lowest BCUT2D eigenvalue weighted by atomic mass is 10.1. The van der Waals surface area contributed by atoms with Crippen LogP contribution in [-0.4, -0.2) is 15.2 Å². The van der Waals surface area contributed by atoms with Gasteiger partial charge < -0.3 is 10.6 Å². The van der Waals surface area contributed by atoms with Gasteiger partial charge in [-0.15, -0.1) is 5.10 Å². The lowest BCUT2D eigenvalue weighted by Crippen LogP contribution is -2.03. The van der Waals surface area contributed by atoms with Crippen molar-refractivity contribution >= 4 is 46.3 Å². The molecule has 5 nitrogen and oxygen atoms in total. The third-order valence-corrected chi connectivity index (χ3v) is 4.23. The van der Waals surface area contributed by atoms with Crippen molar-refractivity contribution in [2.75, 3.05) is 10.6 Å². The van der Waals surface area contributed by atoms with Crippen molar-refractivity contribution in [3.8, 4) is 0 Å². The molecule has 2 aromatic carbocycles. The second-order valence-corrected chi connectivity index (χ2v) is 6.12. The molecular formula is C17H15Cl2N5. The number of nitrogens with zero attached hydrogens (tertiary/aromatic N) is 3. The van der Waals surface area contributed by atoms with E-state index in [0.717, 1.165) is 16.8 Å². The van der Waals surface area contributed by atoms with Gasteiger partial charge in [-0.2, -0.15) is 10.1 Å². The van der Waals surface area contributed by atoms with Crippen molar-refractivity contribution in [1.82, 2.24) is 15.2 Å². The standard InChI is InChI=1S/C17H15Cl2N5/c1-10-6-7-11(2)14(8-10)22-17-23-15(9-20-24-17)21-13-5-3-4-12(18)16(13)19/h3-9H,1-2H3,(H2,21,22,23,24). The Hall–Kier alpha value is -2.37. The molecule has 1 heterocycles. The van der Waals surface area contributed by atoms with Crippen LogP contribution in [0.1, 0.15) is 11.1 Å². The lowest BCUT2D eigenvalue weighted by Gasteiger charge is -2.11. The Morgan fingerprint density at radius 3 is 2.62 bits per heavy atom. The molecule has 7 heteroatoms. The van der Waals surface area contributed by atoms with Gasteiger partial charge in [0, 0.05) is 5.69 Å². The predicted octanol–water partition coefficient (Wildman–Crippen LogP) is 5.28. The third kappa shape index (κ3) is 3.75. The van der Waals surface area contributed by atoms with Crippen molar-refractivity contribution < 1.29 is 0 Å². The van der Waals surface area contributed by atoms with Crippen LogP contribution in [0.2, 0.25) is 10.0 Å². The number of aromatic nitrogens is 3. The van der Waals surface area contributed by atoms with Gasteiger partial charge in [-0.05, 0) is 43.2 Å². The zero-order chi connectivity index (χ0) is 17.1. The first-order chi connectivity index (χ1) is 11.5. The van der Waals surface area contributed by atoms with E-state index in [1.54, 1.807) is 12.1 Å². The minimum absolute atomic E-state index is 0.395. The summed E-state index contributed by atoms with van der Waals surface area (Å²) in [5, 5.41) is 15.2. The fourth-order valence-corrected chi connectivity index (χ4v) is 2.49. The van der Waals surface area contributed by atoms with Crippen LogP contribution in [0.25, 0.3) is 0 Å². The van der Waals surface area contributed by atoms with Gasteiger partial charge in [-0.25, -0.2) is 0 Å². The molecule has 122 valence electrons. The Bertz CT molecular complexity index is 863. The van der Waals surface area contributed by atoms with Crippen molar-refractivity contribution in [3.05, 3.63) is 63.8 Å². The van der Waals surface area contributed by atoms with Gasteiger partial charge in [0.15, 0.2) is 5.82 Å². The van der Waals surface area contributed by atoms with Gasteiger partial charge in [-0.1, -0.05) is 41.4 Å². The summed E-state index contributed by atoms with van der Waals surface area (Å²) < 4.78 is 0. The van der Waals surface area contributed by atoms with Gasteiger partial charge in [0.25, 0.3) is 0 Å². The Balaban J connectivity index is 1.84. The number of benzene rings is 2. The zero-order valence-corrected chi connectivity index (χ0v) is 14.7. The predicted molar refractivity (Wildman–Crippen MR) is 98.8 cm³/mol. The minimum atomic E-state index is 0.395. The summed E-state index contributed by atoms with van der Waals surface area (Å²) in [5.74, 6) is 0.911. The highest BCUT2D eigenvalue weighted by molar-refractivity contribution is 6.43. The highest BCUT2D eigenvalue weighted by Gasteiger charge is 2.08. The normalized spacial score (nSPS) is 10.5. The van der Waals surface area contributed by atoms with E-state index in [2.05, 4.69) is 31.9 Å². The fourth-order valence-electron chi connectivity index (χ4n) is 2.15. The summed E-state index contributed by atoms with van der Waals surface area (Å²) in [7, 11) is 0. The first-order valence-corrected chi connectivity index (χ1v) is 8.03. The number of halogens is 2. The van der Waals surface area contributed by atoms with Crippen molar-refractivity contribution in [2.24, 2.45) is 0 Å². The summed E-state index contributed by atoms with van der Waals surface area (Å²) in [5.41, 5.74) is 3.84. The molecule has 3 rings (SSSR count). The Morgan fingerprint density at radius 1 is 0.958 bits per heavy atom. The number of nitrogens with one attached hydrogen (secondary N) is 2. The van der Waals surface area contributed by atoms with E-state index in [9.17, 15) is 0 Å². The summed E-state index contributed by atoms with van der Waals surface area (Å²) in [6.07, 6.45) is 1.52. The van der Waals surface area contributed by atoms with Crippen molar-refractivity contribution in [2.45, 2.75) is 13.8 Å². The van der Waals surface area contributed by atoms with Gasteiger partial charge in [0.05, 0.1) is 21.9 Å². The number of rotatable bonds is 4. The molecule has 0 radical (unpaired) electrons. The maximum Gasteiger partial charge on any atom is 0.249 e. The smallest absolute Gasteiger partial charge is 0.249 e. The van der Waals surface area contributed by atoms with E-state index in [4.69, 9.17) is 23.2 Å². The summed E-state index contributed by atoms with van der Waals surface area (Å²) in [4.78, 5) is 4.41. The van der Waals surface area contributed by atoms with Crippen LogP contribution in [0, 0.1) is 13.8 Å². The molecule has 0 bridgehead atoms. The number of hydrogen-bond acceptors (Lipinski definition) is 5. The molecule has 0 unspecified atom stereocenters. The number of hydrogen-bond donors (Lipinski definition) is 2. The molecule has 0 saturated heterocycles. The van der Waals surface area contributed by atoms with Gasteiger partial charge in [0.1, 0.15) is 0 Å². The van der Waals surface area contributed by atoms with E-state index in [-0.39, 0.29) is 0 Å². The second kappa shape index (κ2) is 7.03. The molecule has 0 atom stereocenters. The number of anilines is 4. The molecule has 0 aliphatic heterocycles. The molecular weight excluding hydrogens is 345 g/mol. The summed E-state index contributed by atoms with van der Waals surface area (Å²) >= 11 is 12.2. The van der Waals surface area contributed by atoms with Crippen LogP contribution < -0.4 is 10.6 Å². The van der Waals surface area contributed by atoms with E-state index in [0.29, 0.717) is 27.5 Å². The minimum Gasteiger partial charge on any atom is -0.338 e. The van der Waals surface area contributed by atoms with Gasteiger partial charge >= 0.3 is 0 Å². The largest absolute Gasteiger partial charge is 0.338 e. The maximum absolute atomic E-state index is 6.18. The van der Waals surface area contributed by atoms with E-state index >= 15 is 0 Å². The molecule has 0 aliphatic rings. The van der Waals surface area contributed by atoms with Crippen LogP contribution in [0.4, 0.5) is 23.1 Å². The van der Waals surface area contributed by atoms with Crippen LogP contribution in [0.5, 0.6) is 0 Å². The highest BCUT2D eigenvalue weighted by atomic mass is 35.5. The highest BCUT2D eigenvalue weighted by Crippen LogP contribution is 2.31. The third-order valence-electron chi connectivity index (χ3n) is 3.41. The first-order valence-electron chi connectivity index (χ1n) is 7.28. The fraction of sp³-hybridized carbons (Fsp3) is 0.118. The first kappa shape index (κ1) is 16.5. The Morgan fingerprint density at radius 2 is 1.79 bits per heavy atom. The van der Waals surface area contributed by atoms with Crippen LogP contribution in [0.3, 0.4) is 0 Å². The van der Waals surface area contributed by atoms with Gasteiger partial charge in [-0.3, -0.25) is 0 Å². The second-order valence-electron chi connectivity index (χ2n) is 5.33. The lowest BCUT2D eigenvalue weighted by molar-refractivity contribution is 0.981. The SMILES string of the molecule is Cc1ccc(C)c(Nc2nncc(Nc3cccc(Cl)c3Cl)n2)c1. The van der Waals surface area contributed by atoms with Crippen molar-refractivity contribution in [3.63, 3.8) is 0 Å². The Labute approximate surface area is 150 Å². The monoisotopic (exact) mass is 359 g/mol. The molecule has 24 heavy (non-hydrogen) atoms. The topological polar surface area (TPSA) is 62.7 Å². The van der Waals surface area contributed by atoms with Crippen molar-refractivity contribution in [1.29, 1.82) is 0 Å². The molecule has 0 saturated carbocycles. The molecule has 3 aromatic rings. The van der Waals surface area contributed by atoms with Gasteiger partial charge in [0.2, 0.25) is 5.95 Å². The van der Waals surface area contributed by atoms with E-state index in [1.807, 2.05) is 32.0 Å².